The molecule has 49 heavy (non-hydrogen) atoms. The second kappa shape index (κ2) is 12.9. The van der Waals surface area contributed by atoms with Crippen LogP contribution in [0.3, 0.4) is 0 Å². The van der Waals surface area contributed by atoms with Crippen molar-refractivity contribution in [2.45, 2.75) is 57.7 Å². The summed E-state index contributed by atoms with van der Waals surface area (Å²) in [4.78, 5) is 49.8. The molecule has 5 heterocycles. The molecule has 1 aliphatic carbocycles. The molecule has 256 valence electrons. The maximum atomic E-state index is 15.1. The van der Waals surface area contributed by atoms with Crippen LogP contribution in [0.15, 0.2) is 42.7 Å². The number of nitrogens with two attached hydrogens (primary N) is 1. The van der Waals surface area contributed by atoms with Gasteiger partial charge in [0.15, 0.2) is 11.4 Å². The second-order valence-corrected chi connectivity index (χ2v) is 13.2. The predicted molar refractivity (Wildman–Crippen MR) is 175 cm³/mol. The fourth-order valence-electron chi connectivity index (χ4n) is 6.72. The van der Waals surface area contributed by atoms with E-state index in [0.29, 0.717) is 70.5 Å². The number of carbonyl (C=O) groups is 3. The first-order valence-electron chi connectivity index (χ1n) is 16.2. The third kappa shape index (κ3) is 6.48. The number of alkyl halides is 2. The minimum Gasteiger partial charge on any atom is -0.453 e. The number of benzene rings is 1. The number of halogens is 3. The highest BCUT2D eigenvalue weighted by Gasteiger charge is 2.50. The zero-order chi connectivity index (χ0) is 34.4. The molecule has 1 aromatic carbocycles. The van der Waals surface area contributed by atoms with Gasteiger partial charge in [0.2, 0.25) is 0 Å². The molecular formula is C34H34ClF2N7O5. The fourth-order valence-corrected chi connectivity index (χ4v) is 6.84. The van der Waals surface area contributed by atoms with Crippen LogP contribution < -0.4 is 15.4 Å². The molecule has 7 rings (SSSR count). The van der Waals surface area contributed by atoms with Gasteiger partial charge >= 0.3 is 18.1 Å². The summed E-state index contributed by atoms with van der Waals surface area (Å²) in [6.45, 7) is 1.45. The Balaban J connectivity index is 1.30. The number of primary amides is 1. The molecular weight excluding hydrogens is 660 g/mol. The summed E-state index contributed by atoms with van der Waals surface area (Å²) in [6.07, 6.45) is 3.43. The van der Waals surface area contributed by atoms with Crippen LogP contribution in [-0.2, 0) is 29.0 Å². The number of methoxy groups -OCH3 is 1. The van der Waals surface area contributed by atoms with Crippen LogP contribution in [0.5, 0.6) is 5.75 Å². The monoisotopic (exact) mass is 693 g/mol. The Bertz CT molecular complexity index is 1950. The van der Waals surface area contributed by atoms with Gasteiger partial charge in [0.05, 0.1) is 47.5 Å². The molecule has 0 spiro atoms. The van der Waals surface area contributed by atoms with Crippen molar-refractivity contribution in [3.05, 3.63) is 64.7 Å². The van der Waals surface area contributed by atoms with E-state index in [1.54, 1.807) is 34.0 Å². The fraction of sp³-hybridized carbons (Fsp3) is 0.412. The van der Waals surface area contributed by atoms with Gasteiger partial charge in [-0.05, 0) is 80.2 Å². The average Bonchev–Trinajstić information content (AvgIpc) is 3.85. The molecule has 3 aromatic heterocycles. The number of nitrogens with zero attached hydrogens (tertiary/aromatic N) is 6. The number of aromatic nitrogens is 4. The van der Waals surface area contributed by atoms with Crippen LogP contribution in [-0.4, -0.2) is 68.9 Å². The van der Waals surface area contributed by atoms with Crippen molar-refractivity contribution in [2.24, 2.45) is 17.6 Å². The van der Waals surface area contributed by atoms with Crippen LogP contribution in [0, 0.1) is 11.8 Å². The van der Waals surface area contributed by atoms with Crippen molar-refractivity contribution in [3.8, 4) is 16.9 Å². The van der Waals surface area contributed by atoms with Crippen molar-refractivity contribution in [1.29, 1.82) is 0 Å². The smallest absolute Gasteiger partial charge is 0.453 e. The van der Waals surface area contributed by atoms with E-state index in [2.05, 4.69) is 10.1 Å². The predicted octanol–water partition coefficient (Wildman–Crippen LogP) is 5.59. The Kier molecular flexibility index (Phi) is 8.59. The normalized spacial score (nSPS) is 18.9. The molecule has 3 aliphatic rings. The minimum atomic E-state index is -4.15. The van der Waals surface area contributed by atoms with Crippen molar-refractivity contribution in [1.82, 2.24) is 24.6 Å². The standard InChI is InChI=1S/C34H34ClF2N7O5/c1-48-33(47)42-11-2-3-20(10-12-42)17-44-31-24(16-40-44)28(29(30(38)45)25(41-31)13-19-4-5-19)21-6-9-26-27(14-21)49-34(36,37)32(46)43(26)18-23-8-7-22(35)15-39-23/h6-9,14-16,19-20H,2-5,10-13,17-18H2,1H3,(H2,38,45). The number of fused-ring (bicyclic) bond motifs is 2. The molecule has 1 saturated heterocycles. The maximum absolute atomic E-state index is 15.1. The van der Waals surface area contributed by atoms with Crippen LogP contribution in [0.2, 0.25) is 5.02 Å². The summed E-state index contributed by atoms with van der Waals surface area (Å²) in [6, 6.07) is 7.66. The lowest BCUT2D eigenvalue weighted by Gasteiger charge is -2.33. The summed E-state index contributed by atoms with van der Waals surface area (Å²) in [5, 5.41) is 5.57. The van der Waals surface area contributed by atoms with E-state index in [0.717, 1.165) is 37.0 Å². The number of likely N-dealkylation sites (tertiary alicyclic amines) is 1. The van der Waals surface area contributed by atoms with Crippen LogP contribution in [0.1, 0.15) is 53.8 Å². The zero-order valence-corrected chi connectivity index (χ0v) is 27.5. The molecule has 0 radical (unpaired) electrons. The quantitative estimate of drug-likeness (QED) is 0.252. The lowest BCUT2D eigenvalue weighted by atomic mass is 9.93. The summed E-state index contributed by atoms with van der Waals surface area (Å²) in [5.74, 6) is -1.93. The molecule has 2 N–H and O–H groups in total. The minimum absolute atomic E-state index is 0.116. The number of hydrogen-bond acceptors (Lipinski definition) is 8. The number of hydrogen-bond donors (Lipinski definition) is 1. The molecule has 4 aromatic rings. The van der Waals surface area contributed by atoms with E-state index in [-0.39, 0.29) is 35.6 Å². The van der Waals surface area contributed by atoms with E-state index in [4.69, 9.17) is 31.8 Å². The molecule has 3 amide bonds. The third-order valence-corrected chi connectivity index (χ3v) is 9.60. The molecule has 15 heteroatoms. The molecule has 1 atom stereocenters. The number of rotatable bonds is 8. The maximum Gasteiger partial charge on any atom is 0.482 e. The Morgan fingerprint density at radius 2 is 1.92 bits per heavy atom. The number of carbonyl (C=O) groups excluding carboxylic acids is 3. The Morgan fingerprint density at radius 3 is 2.63 bits per heavy atom. The SMILES string of the molecule is COC(=O)N1CCCC(Cn2ncc3c(-c4ccc5c(c4)OC(F)(F)C(=O)N5Cc4ccc(Cl)cn4)c(C(N)=O)c(CC4CC4)nc32)CC1. The van der Waals surface area contributed by atoms with Gasteiger partial charge in [-0.15, -0.1) is 0 Å². The molecule has 2 aliphatic heterocycles. The summed E-state index contributed by atoms with van der Waals surface area (Å²) < 4.78 is 41.8. The van der Waals surface area contributed by atoms with Crippen LogP contribution in [0.4, 0.5) is 19.3 Å². The first-order chi connectivity index (χ1) is 23.5. The van der Waals surface area contributed by atoms with Crippen LogP contribution in [0.25, 0.3) is 22.2 Å². The lowest BCUT2D eigenvalue weighted by Crippen LogP contribution is -2.50. The molecule has 12 nitrogen and oxygen atoms in total. The second-order valence-electron chi connectivity index (χ2n) is 12.8. The lowest BCUT2D eigenvalue weighted by molar-refractivity contribution is -0.193. The van der Waals surface area contributed by atoms with E-state index in [9.17, 15) is 14.4 Å². The van der Waals surface area contributed by atoms with Gasteiger partial charge in [-0.25, -0.2) is 14.5 Å². The largest absolute Gasteiger partial charge is 0.482 e. The van der Waals surface area contributed by atoms with Crippen molar-refractivity contribution >= 4 is 46.2 Å². The molecule has 0 bridgehead atoms. The van der Waals surface area contributed by atoms with Gasteiger partial charge < -0.3 is 20.1 Å². The van der Waals surface area contributed by atoms with Crippen molar-refractivity contribution < 1.29 is 32.6 Å². The number of pyridine rings is 2. The number of amides is 3. The first kappa shape index (κ1) is 32.7. The average molecular weight is 694 g/mol. The number of ether oxygens (including phenoxy) is 2. The third-order valence-electron chi connectivity index (χ3n) is 9.38. The summed E-state index contributed by atoms with van der Waals surface area (Å²) in [7, 11) is 1.37. The molecule has 1 unspecified atom stereocenters. The van der Waals surface area contributed by atoms with E-state index < -0.39 is 17.9 Å². The highest BCUT2D eigenvalue weighted by atomic mass is 35.5. The zero-order valence-electron chi connectivity index (χ0n) is 26.7. The highest BCUT2D eigenvalue weighted by molar-refractivity contribution is 6.30. The van der Waals surface area contributed by atoms with E-state index in [1.165, 1.54) is 25.4 Å². The molecule has 1 saturated carbocycles. The van der Waals surface area contributed by atoms with Crippen molar-refractivity contribution in [3.63, 3.8) is 0 Å². The van der Waals surface area contributed by atoms with Gasteiger partial charge in [0.1, 0.15) is 0 Å². The highest BCUT2D eigenvalue weighted by Crippen LogP contribution is 2.45. The number of anilines is 1. The first-order valence-corrected chi connectivity index (χ1v) is 16.5. The van der Waals surface area contributed by atoms with E-state index in [1.807, 2.05) is 0 Å². The Hall–Kier alpha value is -4.85. The Morgan fingerprint density at radius 1 is 1.10 bits per heavy atom. The van der Waals surface area contributed by atoms with Crippen molar-refractivity contribution in [2.75, 3.05) is 25.1 Å². The van der Waals surface area contributed by atoms with E-state index >= 15 is 8.78 Å². The van der Waals surface area contributed by atoms with Gasteiger partial charge in [0.25, 0.3) is 5.91 Å². The van der Waals surface area contributed by atoms with Gasteiger partial charge in [-0.1, -0.05) is 17.7 Å². The summed E-state index contributed by atoms with van der Waals surface area (Å²) in [5.41, 5.74) is 8.53. The topological polar surface area (TPSA) is 146 Å². The van der Waals surface area contributed by atoms with Crippen LogP contribution >= 0.6 is 11.6 Å². The van der Waals surface area contributed by atoms with Gasteiger partial charge in [0, 0.05) is 36.8 Å². The summed E-state index contributed by atoms with van der Waals surface area (Å²) >= 11 is 5.94. The Labute approximate surface area is 285 Å². The molecule has 2 fully saturated rings. The van der Waals surface area contributed by atoms with Gasteiger partial charge in [-0.3, -0.25) is 19.5 Å². The van der Waals surface area contributed by atoms with Gasteiger partial charge in [-0.2, -0.15) is 13.9 Å².